The Balaban J connectivity index is 3.52. The number of esters is 1. The number of nitriles is 1. The molecule has 0 saturated carbocycles. The number of hydrogen-bond donors (Lipinski definition) is 0. The van der Waals surface area contributed by atoms with Crippen molar-refractivity contribution in [1.29, 1.82) is 5.26 Å². The Morgan fingerprint density at radius 2 is 2.31 bits per heavy atom. The zero-order chi connectivity index (χ0) is 12.3. The third-order valence-electron chi connectivity index (χ3n) is 1.76. The maximum atomic E-state index is 12.7. The van der Waals surface area contributed by atoms with Gasteiger partial charge in [0.15, 0.2) is 5.69 Å². The zero-order valence-electron chi connectivity index (χ0n) is 8.00. The number of aromatic nitrogens is 1. The van der Waals surface area contributed by atoms with Crippen LogP contribution in [0.1, 0.15) is 28.0 Å². The van der Waals surface area contributed by atoms with Gasteiger partial charge in [-0.3, -0.25) is 0 Å². The Labute approximate surface area is 103 Å². The standard InChI is InChI=1S/C9H5F2IN2O2/c1-16-9(15)4-2-6(12)14-5(3-13)7(4)8(10)11/h2,8H,1H3. The number of ether oxygens (including phenoxy) is 1. The van der Waals surface area contributed by atoms with Crippen LogP contribution in [0, 0.1) is 15.0 Å². The molecule has 16 heavy (non-hydrogen) atoms. The Morgan fingerprint density at radius 3 is 2.75 bits per heavy atom. The third-order valence-corrected chi connectivity index (χ3v) is 2.31. The molecule has 0 amide bonds. The molecular formula is C9H5F2IN2O2. The number of pyridine rings is 1. The lowest BCUT2D eigenvalue weighted by Gasteiger charge is -2.08. The summed E-state index contributed by atoms with van der Waals surface area (Å²) in [5, 5.41) is 8.67. The highest BCUT2D eigenvalue weighted by Crippen LogP contribution is 2.27. The van der Waals surface area contributed by atoms with Gasteiger partial charge in [-0.25, -0.2) is 18.6 Å². The van der Waals surface area contributed by atoms with E-state index in [1.54, 1.807) is 22.6 Å². The highest BCUT2D eigenvalue weighted by atomic mass is 127. The molecule has 0 aliphatic heterocycles. The molecule has 0 bridgehead atoms. The molecule has 0 aromatic carbocycles. The first kappa shape index (κ1) is 12.8. The molecule has 1 aromatic heterocycles. The summed E-state index contributed by atoms with van der Waals surface area (Å²) >= 11 is 1.73. The monoisotopic (exact) mass is 338 g/mol. The number of methoxy groups -OCH3 is 1. The molecule has 84 valence electrons. The number of hydrogen-bond acceptors (Lipinski definition) is 4. The van der Waals surface area contributed by atoms with Crippen molar-refractivity contribution in [3.8, 4) is 6.07 Å². The van der Waals surface area contributed by atoms with Crippen molar-refractivity contribution < 1.29 is 18.3 Å². The van der Waals surface area contributed by atoms with Crippen molar-refractivity contribution >= 4 is 28.6 Å². The summed E-state index contributed by atoms with van der Waals surface area (Å²) in [6.07, 6.45) is -2.95. The first-order valence-corrected chi connectivity index (χ1v) is 5.06. The second kappa shape index (κ2) is 5.16. The highest BCUT2D eigenvalue weighted by molar-refractivity contribution is 14.1. The number of carbonyl (C=O) groups excluding carboxylic acids is 1. The van der Waals surface area contributed by atoms with E-state index in [1.807, 2.05) is 0 Å². The van der Waals surface area contributed by atoms with E-state index in [9.17, 15) is 13.6 Å². The zero-order valence-corrected chi connectivity index (χ0v) is 10.2. The fourth-order valence-electron chi connectivity index (χ4n) is 1.11. The minimum atomic E-state index is -2.95. The van der Waals surface area contributed by atoms with Gasteiger partial charge in [0.25, 0.3) is 6.43 Å². The molecule has 0 N–H and O–H groups in total. The van der Waals surface area contributed by atoms with Crippen LogP contribution < -0.4 is 0 Å². The summed E-state index contributed by atoms with van der Waals surface area (Å²) in [7, 11) is 1.08. The van der Waals surface area contributed by atoms with Crippen LogP contribution in [0.5, 0.6) is 0 Å². The van der Waals surface area contributed by atoms with E-state index in [1.165, 1.54) is 6.07 Å². The lowest BCUT2D eigenvalue weighted by atomic mass is 10.1. The van der Waals surface area contributed by atoms with Gasteiger partial charge in [-0.05, 0) is 28.7 Å². The minimum Gasteiger partial charge on any atom is -0.465 e. The molecule has 4 nitrogen and oxygen atoms in total. The molecule has 0 spiro atoms. The third kappa shape index (κ3) is 2.44. The number of halogens is 3. The molecule has 0 aliphatic rings. The van der Waals surface area contributed by atoms with E-state index in [-0.39, 0.29) is 9.26 Å². The largest absolute Gasteiger partial charge is 0.465 e. The van der Waals surface area contributed by atoms with Gasteiger partial charge in [-0.1, -0.05) is 0 Å². The fourth-order valence-corrected chi connectivity index (χ4v) is 1.66. The average Bonchev–Trinajstić information content (AvgIpc) is 2.26. The SMILES string of the molecule is COC(=O)c1cc(I)nc(C#N)c1C(F)F. The van der Waals surface area contributed by atoms with Crippen LogP contribution in [-0.2, 0) is 4.74 Å². The molecular weight excluding hydrogens is 333 g/mol. The molecule has 1 rings (SSSR count). The fraction of sp³-hybridized carbons (Fsp3) is 0.222. The van der Waals surface area contributed by atoms with Crippen LogP contribution in [0.2, 0.25) is 0 Å². The molecule has 7 heteroatoms. The van der Waals surface area contributed by atoms with Crippen LogP contribution in [-0.4, -0.2) is 18.1 Å². The van der Waals surface area contributed by atoms with E-state index in [2.05, 4.69) is 9.72 Å². The smallest absolute Gasteiger partial charge is 0.338 e. The van der Waals surface area contributed by atoms with Crippen molar-refractivity contribution in [2.45, 2.75) is 6.43 Å². The maximum Gasteiger partial charge on any atom is 0.338 e. The first-order chi connectivity index (χ1) is 7.51. The molecule has 0 atom stereocenters. The average molecular weight is 338 g/mol. The van der Waals surface area contributed by atoms with Gasteiger partial charge in [-0.2, -0.15) is 5.26 Å². The molecule has 0 fully saturated rings. The van der Waals surface area contributed by atoms with Crippen LogP contribution in [0.25, 0.3) is 0 Å². The summed E-state index contributed by atoms with van der Waals surface area (Å²) in [6.45, 7) is 0. The summed E-state index contributed by atoms with van der Waals surface area (Å²) in [5.41, 5.74) is -1.47. The van der Waals surface area contributed by atoms with Gasteiger partial charge in [0.1, 0.15) is 9.77 Å². The van der Waals surface area contributed by atoms with Gasteiger partial charge < -0.3 is 4.74 Å². The van der Waals surface area contributed by atoms with E-state index in [0.717, 1.165) is 13.2 Å². The molecule has 0 radical (unpaired) electrons. The predicted molar refractivity (Wildman–Crippen MR) is 58.0 cm³/mol. The van der Waals surface area contributed by atoms with Gasteiger partial charge in [0.05, 0.1) is 18.2 Å². The quantitative estimate of drug-likeness (QED) is 0.472. The molecule has 0 unspecified atom stereocenters. The van der Waals surface area contributed by atoms with E-state index >= 15 is 0 Å². The number of carbonyl (C=O) groups is 1. The number of nitrogens with zero attached hydrogens (tertiary/aromatic N) is 2. The Hall–Kier alpha value is -1.30. The van der Waals surface area contributed by atoms with E-state index < -0.39 is 23.7 Å². The summed E-state index contributed by atoms with van der Waals surface area (Å²) in [5.74, 6) is -0.910. The Bertz CT molecular complexity index is 471. The molecule has 0 aliphatic carbocycles. The van der Waals surface area contributed by atoms with E-state index in [4.69, 9.17) is 5.26 Å². The lowest BCUT2D eigenvalue weighted by molar-refractivity contribution is 0.0588. The first-order valence-electron chi connectivity index (χ1n) is 3.98. The van der Waals surface area contributed by atoms with Crippen molar-refractivity contribution in [2.24, 2.45) is 0 Å². The van der Waals surface area contributed by atoms with Crippen LogP contribution >= 0.6 is 22.6 Å². The predicted octanol–water partition coefficient (Wildman–Crippen LogP) is 2.28. The Morgan fingerprint density at radius 1 is 1.69 bits per heavy atom. The van der Waals surface area contributed by atoms with Crippen molar-refractivity contribution in [3.63, 3.8) is 0 Å². The van der Waals surface area contributed by atoms with Gasteiger partial charge >= 0.3 is 5.97 Å². The number of alkyl halides is 2. The lowest BCUT2D eigenvalue weighted by Crippen LogP contribution is -2.10. The Kier molecular flexibility index (Phi) is 4.12. The van der Waals surface area contributed by atoms with Crippen molar-refractivity contribution in [2.75, 3.05) is 7.11 Å². The van der Waals surface area contributed by atoms with Crippen molar-refractivity contribution in [3.05, 3.63) is 26.6 Å². The van der Waals surface area contributed by atoms with Crippen LogP contribution in [0.3, 0.4) is 0 Å². The van der Waals surface area contributed by atoms with Gasteiger partial charge in [0, 0.05) is 0 Å². The molecule has 0 saturated heterocycles. The second-order valence-corrected chi connectivity index (χ2v) is 3.76. The summed E-state index contributed by atoms with van der Waals surface area (Å²) in [6, 6.07) is 2.69. The number of rotatable bonds is 2. The molecule has 1 heterocycles. The van der Waals surface area contributed by atoms with Gasteiger partial charge in [0.2, 0.25) is 0 Å². The normalized spacial score (nSPS) is 10.0. The second-order valence-electron chi connectivity index (χ2n) is 2.66. The van der Waals surface area contributed by atoms with Crippen LogP contribution in [0.4, 0.5) is 8.78 Å². The summed E-state index contributed by atoms with van der Waals surface area (Å²) < 4.78 is 30.0. The van der Waals surface area contributed by atoms with Crippen LogP contribution in [0.15, 0.2) is 6.07 Å². The topological polar surface area (TPSA) is 63.0 Å². The molecule has 1 aromatic rings. The highest BCUT2D eigenvalue weighted by Gasteiger charge is 2.24. The van der Waals surface area contributed by atoms with Crippen molar-refractivity contribution in [1.82, 2.24) is 4.98 Å². The maximum absolute atomic E-state index is 12.7. The van der Waals surface area contributed by atoms with E-state index in [0.29, 0.717) is 0 Å². The van der Waals surface area contributed by atoms with Gasteiger partial charge in [-0.15, -0.1) is 0 Å². The summed E-state index contributed by atoms with van der Waals surface area (Å²) in [4.78, 5) is 14.9. The minimum absolute atomic E-state index is 0.277.